The molecule has 0 aromatic heterocycles. The van der Waals surface area contributed by atoms with Crippen molar-refractivity contribution in [3.63, 3.8) is 0 Å². The van der Waals surface area contributed by atoms with Crippen molar-refractivity contribution < 1.29 is 23.9 Å². The van der Waals surface area contributed by atoms with Gasteiger partial charge in [0.05, 0.1) is 13.1 Å². The number of amides is 1. The first-order chi connectivity index (χ1) is 8.73. The predicted molar refractivity (Wildman–Crippen MR) is 71.8 cm³/mol. The van der Waals surface area contributed by atoms with Crippen molar-refractivity contribution in [1.29, 1.82) is 0 Å². The summed E-state index contributed by atoms with van der Waals surface area (Å²) >= 11 is 0. The molecule has 0 aliphatic carbocycles. The summed E-state index contributed by atoms with van der Waals surface area (Å²) < 4.78 is 5.43. The van der Waals surface area contributed by atoms with Gasteiger partial charge in [-0.3, -0.25) is 0 Å². The Bertz CT molecular complexity index is 348. The summed E-state index contributed by atoms with van der Waals surface area (Å²) in [6.45, 7) is 8.61. The molecule has 1 fully saturated rings. The van der Waals surface area contributed by atoms with Crippen molar-refractivity contribution in [1.82, 2.24) is 0 Å². The van der Waals surface area contributed by atoms with Gasteiger partial charge >= 0.3 is 12.1 Å². The Balaban J connectivity index is 2.98. The Morgan fingerprint density at radius 2 is 2.00 bits per heavy atom. The van der Waals surface area contributed by atoms with Crippen molar-refractivity contribution >= 4 is 12.1 Å². The molecule has 0 radical (unpaired) electrons. The van der Waals surface area contributed by atoms with Crippen LogP contribution in [-0.2, 0) is 9.53 Å². The first-order valence-electron chi connectivity index (χ1n) is 7.06. The van der Waals surface area contributed by atoms with E-state index in [0.717, 1.165) is 19.3 Å². The SMILES string of the molecule is CCCC[N@+]1(C(=O)OC(C)(C)C)CCCC1C(=O)O. The third-order valence-electron chi connectivity index (χ3n) is 3.58. The van der Waals surface area contributed by atoms with Crippen molar-refractivity contribution in [3.8, 4) is 0 Å². The van der Waals surface area contributed by atoms with Crippen LogP contribution < -0.4 is 0 Å². The Morgan fingerprint density at radius 3 is 2.47 bits per heavy atom. The maximum atomic E-state index is 12.5. The van der Waals surface area contributed by atoms with Crippen LogP contribution in [0.3, 0.4) is 0 Å². The van der Waals surface area contributed by atoms with Crippen molar-refractivity contribution in [2.75, 3.05) is 13.1 Å². The second-order valence-corrected chi connectivity index (χ2v) is 6.31. The summed E-state index contributed by atoms with van der Waals surface area (Å²) in [6.07, 6.45) is 2.71. The van der Waals surface area contributed by atoms with Crippen molar-refractivity contribution in [2.24, 2.45) is 0 Å². The van der Waals surface area contributed by atoms with E-state index in [0.29, 0.717) is 19.5 Å². The number of likely N-dealkylation sites (tertiary alicyclic amines) is 1. The van der Waals surface area contributed by atoms with Crippen LogP contribution in [0.1, 0.15) is 53.4 Å². The van der Waals surface area contributed by atoms with Crippen LogP contribution in [0.15, 0.2) is 0 Å². The molecule has 1 unspecified atom stereocenters. The van der Waals surface area contributed by atoms with E-state index in [9.17, 15) is 14.7 Å². The van der Waals surface area contributed by atoms with Gasteiger partial charge in [-0.25, -0.2) is 9.28 Å². The minimum absolute atomic E-state index is 0.0412. The molecule has 5 nitrogen and oxygen atoms in total. The lowest BCUT2D eigenvalue weighted by atomic mass is 10.1. The van der Waals surface area contributed by atoms with E-state index in [1.165, 1.54) is 0 Å². The van der Waals surface area contributed by atoms with Gasteiger partial charge in [0.25, 0.3) is 0 Å². The molecule has 110 valence electrons. The summed E-state index contributed by atoms with van der Waals surface area (Å²) in [5, 5.41) is 9.37. The molecule has 1 aliphatic rings. The third kappa shape index (κ3) is 3.69. The molecule has 0 saturated carbocycles. The average molecular weight is 272 g/mol. The number of quaternary nitrogens is 1. The minimum atomic E-state index is -0.889. The van der Waals surface area contributed by atoms with Gasteiger partial charge in [-0.2, -0.15) is 4.79 Å². The lowest BCUT2D eigenvalue weighted by Gasteiger charge is -2.36. The highest BCUT2D eigenvalue weighted by molar-refractivity contribution is 5.75. The van der Waals surface area contributed by atoms with Crippen LogP contribution in [-0.4, -0.2) is 46.4 Å². The smallest absolute Gasteiger partial charge is 0.477 e. The van der Waals surface area contributed by atoms with E-state index in [1.807, 2.05) is 27.7 Å². The second kappa shape index (κ2) is 5.90. The largest absolute Gasteiger partial charge is 0.517 e. The molecule has 0 aromatic carbocycles. The number of hydrogen-bond donors (Lipinski definition) is 1. The van der Waals surface area contributed by atoms with Gasteiger partial charge in [0, 0.05) is 12.8 Å². The summed E-state index contributed by atoms with van der Waals surface area (Å²) in [7, 11) is 0. The molecular weight excluding hydrogens is 246 g/mol. The van der Waals surface area contributed by atoms with Gasteiger partial charge in [0.1, 0.15) is 5.60 Å². The fourth-order valence-corrected chi connectivity index (χ4v) is 2.68. The number of carboxylic acids is 1. The van der Waals surface area contributed by atoms with Gasteiger partial charge in [-0.05, 0) is 27.2 Å². The van der Waals surface area contributed by atoms with Crippen LogP contribution in [0.4, 0.5) is 4.79 Å². The zero-order valence-corrected chi connectivity index (χ0v) is 12.4. The van der Waals surface area contributed by atoms with Gasteiger partial charge < -0.3 is 9.84 Å². The number of ether oxygens (including phenoxy) is 1. The minimum Gasteiger partial charge on any atom is -0.477 e. The van der Waals surface area contributed by atoms with Gasteiger partial charge in [-0.1, -0.05) is 13.3 Å². The lowest BCUT2D eigenvalue weighted by molar-refractivity contribution is -0.862. The van der Waals surface area contributed by atoms with E-state index in [-0.39, 0.29) is 10.6 Å². The quantitative estimate of drug-likeness (QED) is 0.799. The Hall–Kier alpha value is -1.10. The Kier molecular flexibility index (Phi) is 4.96. The van der Waals surface area contributed by atoms with E-state index in [4.69, 9.17) is 4.74 Å². The number of carboxylic acid groups (broad SMARTS) is 1. The van der Waals surface area contributed by atoms with Crippen LogP contribution >= 0.6 is 0 Å². The summed E-state index contributed by atoms with van der Waals surface area (Å²) in [5.74, 6) is -0.889. The number of carbonyl (C=O) groups excluding carboxylic acids is 1. The number of rotatable bonds is 4. The standard InChI is InChI=1S/C14H25NO4/c1-5-6-9-15(13(18)19-14(2,3)4)10-7-8-11(15)12(16)17/h11H,5-10H2,1-4H3/p+1/t11?,15-/m0/s1. The number of unbranched alkanes of at least 4 members (excludes halogenated alkanes) is 1. The first-order valence-corrected chi connectivity index (χ1v) is 7.06. The zero-order chi connectivity index (χ0) is 14.7. The summed E-state index contributed by atoms with van der Waals surface area (Å²) in [6, 6.07) is -0.651. The number of aliphatic carboxylic acids is 1. The fraction of sp³-hybridized carbons (Fsp3) is 0.857. The molecule has 1 rings (SSSR count). The maximum absolute atomic E-state index is 12.5. The number of nitrogens with zero attached hydrogens (tertiary/aromatic N) is 1. The molecule has 1 amide bonds. The normalized spacial score (nSPS) is 27.3. The number of carbonyl (C=O) groups is 2. The molecule has 0 spiro atoms. The molecule has 1 aliphatic heterocycles. The predicted octanol–water partition coefficient (Wildman–Crippen LogP) is 2.79. The highest BCUT2D eigenvalue weighted by Crippen LogP contribution is 2.31. The summed E-state index contributed by atoms with van der Waals surface area (Å²) in [4.78, 5) is 23.9. The van der Waals surface area contributed by atoms with E-state index < -0.39 is 17.6 Å². The molecule has 1 saturated heterocycles. The topological polar surface area (TPSA) is 63.6 Å². The highest BCUT2D eigenvalue weighted by Gasteiger charge is 2.53. The second-order valence-electron chi connectivity index (χ2n) is 6.31. The monoisotopic (exact) mass is 272 g/mol. The third-order valence-corrected chi connectivity index (χ3v) is 3.58. The first kappa shape index (κ1) is 16.0. The van der Waals surface area contributed by atoms with E-state index in [1.54, 1.807) is 0 Å². The number of hydrogen-bond acceptors (Lipinski definition) is 3. The Labute approximate surface area is 115 Å². The van der Waals surface area contributed by atoms with E-state index >= 15 is 0 Å². The zero-order valence-electron chi connectivity index (χ0n) is 12.4. The lowest BCUT2D eigenvalue weighted by Crippen LogP contribution is -2.60. The molecule has 1 N–H and O–H groups in total. The van der Waals surface area contributed by atoms with Crippen molar-refractivity contribution in [2.45, 2.75) is 65.0 Å². The van der Waals surface area contributed by atoms with Gasteiger partial charge in [0.15, 0.2) is 6.04 Å². The summed E-state index contributed by atoms with van der Waals surface area (Å²) in [5.41, 5.74) is -0.583. The fourth-order valence-electron chi connectivity index (χ4n) is 2.68. The molecule has 2 atom stereocenters. The van der Waals surface area contributed by atoms with Crippen LogP contribution in [0, 0.1) is 0 Å². The molecule has 19 heavy (non-hydrogen) atoms. The molecule has 0 bridgehead atoms. The van der Waals surface area contributed by atoms with Crippen LogP contribution in [0.5, 0.6) is 0 Å². The maximum Gasteiger partial charge on any atom is 0.517 e. The average Bonchev–Trinajstić information content (AvgIpc) is 2.69. The van der Waals surface area contributed by atoms with E-state index in [2.05, 4.69) is 0 Å². The van der Waals surface area contributed by atoms with Crippen molar-refractivity contribution in [3.05, 3.63) is 0 Å². The van der Waals surface area contributed by atoms with Gasteiger partial charge in [0.2, 0.25) is 0 Å². The molecule has 5 heteroatoms. The van der Waals surface area contributed by atoms with Crippen LogP contribution in [0.25, 0.3) is 0 Å². The molecule has 0 aromatic rings. The Morgan fingerprint density at radius 1 is 1.37 bits per heavy atom. The molecular formula is C14H26NO4+. The highest BCUT2D eigenvalue weighted by atomic mass is 16.6. The van der Waals surface area contributed by atoms with Gasteiger partial charge in [-0.15, -0.1) is 0 Å². The molecule has 1 heterocycles. The van der Waals surface area contributed by atoms with Crippen LogP contribution in [0.2, 0.25) is 0 Å².